The fraction of sp³-hybridized carbons (Fsp3) is 0.250. The molecule has 0 aromatic heterocycles. The van der Waals surface area contributed by atoms with Crippen LogP contribution in [-0.4, -0.2) is 29.4 Å². The zero-order chi connectivity index (χ0) is 28.3. The molecule has 0 amide bonds. The van der Waals surface area contributed by atoms with Crippen LogP contribution in [0.2, 0.25) is 0 Å². The number of anilines is 1. The normalized spacial score (nSPS) is 13.3. The highest BCUT2D eigenvalue weighted by atomic mass is 32.2. The molecule has 38 heavy (non-hydrogen) atoms. The van der Waals surface area contributed by atoms with Crippen LogP contribution >= 0.6 is 11.8 Å². The maximum atomic E-state index is 14.4. The van der Waals surface area contributed by atoms with Gasteiger partial charge in [0.2, 0.25) is 0 Å². The molecule has 0 saturated heterocycles. The summed E-state index contributed by atoms with van der Waals surface area (Å²) in [5.74, 6) is -1.36. The number of alkyl halides is 9. The van der Waals surface area contributed by atoms with E-state index < -0.39 is 48.4 Å². The number of benzene rings is 3. The molecular formula is C24H17F10NO2S. The Balaban J connectivity index is 1.90. The molecule has 3 aromatic rings. The Labute approximate surface area is 213 Å². The number of aliphatic hydroxyl groups excluding tert-OH is 1. The van der Waals surface area contributed by atoms with Crippen LogP contribution in [0.4, 0.5) is 49.6 Å². The predicted octanol–water partition coefficient (Wildman–Crippen LogP) is 8.18. The van der Waals surface area contributed by atoms with Gasteiger partial charge in [-0.1, -0.05) is 18.2 Å². The van der Waals surface area contributed by atoms with Crippen LogP contribution in [0.3, 0.4) is 0 Å². The fourth-order valence-electron chi connectivity index (χ4n) is 3.25. The van der Waals surface area contributed by atoms with Crippen molar-refractivity contribution >= 4 is 17.4 Å². The molecule has 0 spiro atoms. The van der Waals surface area contributed by atoms with Crippen molar-refractivity contribution in [2.24, 2.45) is 0 Å². The molecule has 206 valence electrons. The average molecular weight is 573 g/mol. The number of halogens is 10. The summed E-state index contributed by atoms with van der Waals surface area (Å²) in [5, 5.41) is 9.61. The van der Waals surface area contributed by atoms with Gasteiger partial charge in [-0.2, -0.15) is 39.5 Å². The van der Waals surface area contributed by atoms with Crippen molar-refractivity contribution in [2.45, 2.75) is 35.4 Å². The van der Waals surface area contributed by atoms with Gasteiger partial charge in [0.1, 0.15) is 17.3 Å². The Bertz CT molecular complexity index is 1240. The summed E-state index contributed by atoms with van der Waals surface area (Å²) >= 11 is -0.381. The molecule has 0 saturated carbocycles. The van der Waals surface area contributed by atoms with Crippen LogP contribution in [0.15, 0.2) is 71.6 Å². The molecule has 1 N–H and O–H groups in total. The Morgan fingerprint density at radius 1 is 0.816 bits per heavy atom. The first-order valence-electron chi connectivity index (χ1n) is 10.5. The van der Waals surface area contributed by atoms with E-state index in [2.05, 4.69) is 0 Å². The third kappa shape index (κ3) is 8.45. The zero-order valence-corrected chi connectivity index (χ0v) is 19.6. The average Bonchev–Trinajstić information content (AvgIpc) is 2.77. The van der Waals surface area contributed by atoms with Crippen LogP contribution in [0, 0.1) is 5.82 Å². The summed E-state index contributed by atoms with van der Waals surface area (Å²) in [7, 11) is 0. The quantitative estimate of drug-likeness (QED) is 0.218. The number of nitrogens with zero attached hydrogens (tertiary/aromatic N) is 1. The van der Waals surface area contributed by atoms with E-state index in [4.69, 9.17) is 4.74 Å². The SMILES string of the molecule is OC(CN(Cc1ccc(C(F)(F)F)cc1F)c1cccc(Oc2cccc(SC(F)(F)F)c2)c1)C(F)(F)F. The number of hydrogen-bond donors (Lipinski definition) is 1. The smallest absolute Gasteiger partial charge is 0.446 e. The van der Waals surface area contributed by atoms with E-state index >= 15 is 0 Å². The number of thioether (sulfide) groups is 1. The molecular weight excluding hydrogens is 556 g/mol. The lowest BCUT2D eigenvalue weighted by atomic mass is 10.1. The predicted molar refractivity (Wildman–Crippen MR) is 119 cm³/mol. The van der Waals surface area contributed by atoms with Crippen LogP contribution in [0.25, 0.3) is 0 Å². The van der Waals surface area contributed by atoms with Crippen LogP contribution in [0.5, 0.6) is 11.5 Å². The lowest BCUT2D eigenvalue weighted by molar-refractivity contribution is -0.200. The summed E-state index contributed by atoms with van der Waals surface area (Å²) in [6.45, 7) is -1.76. The molecule has 1 unspecified atom stereocenters. The van der Waals surface area contributed by atoms with Crippen LogP contribution < -0.4 is 9.64 Å². The molecule has 0 heterocycles. The number of ether oxygens (including phenoxy) is 1. The summed E-state index contributed by atoms with van der Waals surface area (Å²) in [4.78, 5) is 0.700. The van der Waals surface area contributed by atoms with E-state index in [0.717, 1.165) is 17.0 Å². The van der Waals surface area contributed by atoms with E-state index in [1.165, 1.54) is 42.5 Å². The van der Waals surface area contributed by atoms with E-state index in [-0.39, 0.29) is 45.5 Å². The minimum absolute atomic E-state index is 0.0175. The number of rotatable bonds is 8. The molecule has 3 nitrogen and oxygen atoms in total. The largest absolute Gasteiger partial charge is 0.457 e. The number of aliphatic hydroxyl groups is 1. The second-order valence-corrected chi connectivity index (χ2v) is 9.00. The minimum atomic E-state index is -5.05. The molecule has 3 rings (SSSR count). The van der Waals surface area contributed by atoms with Gasteiger partial charge in [-0.3, -0.25) is 0 Å². The van der Waals surface area contributed by atoms with Gasteiger partial charge in [-0.05, 0) is 54.2 Å². The van der Waals surface area contributed by atoms with Gasteiger partial charge in [0.25, 0.3) is 0 Å². The van der Waals surface area contributed by atoms with Crippen molar-refractivity contribution in [3.05, 3.63) is 83.7 Å². The van der Waals surface area contributed by atoms with Gasteiger partial charge in [0, 0.05) is 28.8 Å². The van der Waals surface area contributed by atoms with Crippen molar-refractivity contribution in [1.29, 1.82) is 0 Å². The summed E-state index contributed by atoms with van der Waals surface area (Å²) < 4.78 is 136. The molecule has 0 aliphatic carbocycles. The Morgan fingerprint density at radius 2 is 1.45 bits per heavy atom. The van der Waals surface area contributed by atoms with Crippen LogP contribution in [0.1, 0.15) is 11.1 Å². The minimum Gasteiger partial charge on any atom is -0.457 e. The lowest BCUT2D eigenvalue weighted by Gasteiger charge is -2.29. The van der Waals surface area contributed by atoms with Crippen molar-refractivity contribution < 1.29 is 53.7 Å². The van der Waals surface area contributed by atoms with E-state index in [1.54, 1.807) is 0 Å². The molecule has 0 radical (unpaired) electrons. The van der Waals surface area contributed by atoms with Gasteiger partial charge < -0.3 is 14.7 Å². The first-order valence-corrected chi connectivity index (χ1v) is 11.3. The van der Waals surface area contributed by atoms with Crippen molar-refractivity contribution in [1.82, 2.24) is 0 Å². The second kappa shape index (κ2) is 11.3. The summed E-state index contributed by atoms with van der Waals surface area (Å²) in [5.41, 5.74) is -6.25. The third-order valence-corrected chi connectivity index (χ3v) is 5.69. The van der Waals surface area contributed by atoms with Crippen LogP contribution in [-0.2, 0) is 12.7 Å². The van der Waals surface area contributed by atoms with Gasteiger partial charge in [0.05, 0.1) is 12.1 Å². The first-order chi connectivity index (χ1) is 17.5. The second-order valence-electron chi connectivity index (χ2n) is 7.86. The molecule has 0 fully saturated rings. The van der Waals surface area contributed by atoms with Gasteiger partial charge >= 0.3 is 17.9 Å². The highest BCUT2D eigenvalue weighted by Gasteiger charge is 2.39. The standard InChI is InChI=1S/C24H17F10NO2S/c25-20-9-15(22(26,27)28)8-7-14(20)12-35(13-21(36)23(29,30)31)16-3-1-4-17(10-16)37-18-5-2-6-19(11-18)38-24(32,33)34/h1-11,21,36H,12-13H2. The maximum absolute atomic E-state index is 14.4. The van der Waals surface area contributed by atoms with Gasteiger partial charge in [-0.15, -0.1) is 0 Å². The first kappa shape index (κ1) is 29.4. The molecule has 1 atom stereocenters. The van der Waals surface area contributed by atoms with Gasteiger partial charge in [-0.25, -0.2) is 4.39 Å². The molecule has 0 bridgehead atoms. The Kier molecular flexibility index (Phi) is 8.76. The fourth-order valence-corrected chi connectivity index (χ4v) is 3.83. The van der Waals surface area contributed by atoms with Gasteiger partial charge in [0.15, 0.2) is 6.10 Å². The summed E-state index contributed by atoms with van der Waals surface area (Å²) in [6.07, 6.45) is -12.8. The topological polar surface area (TPSA) is 32.7 Å². The highest BCUT2D eigenvalue weighted by molar-refractivity contribution is 8.00. The molecule has 0 aliphatic rings. The number of hydrogen-bond acceptors (Lipinski definition) is 4. The molecule has 14 heteroatoms. The zero-order valence-electron chi connectivity index (χ0n) is 18.8. The highest BCUT2D eigenvalue weighted by Crippen LogP contribution is 2.39. The molecule has 0 aliphatic heterocycles. The monoisotopic (exact) mass is 573 g/mol. The van der Waals surface area contributed by atoms with Crippen molar-refractivity contribution in [2.75, 3.05) is 11.4 Å². The lowest BCUT2D eigenvalue weighted by Crippen LogP contribution is -2.41. The molecule has 3 aromatic carbocycles. The Morgan fingerprint density at radius 3 is 2.03 bits per heavy atom. The van der Waals surface area contributed by atoms with Crippen molar-refractivity contribution in [3.63, 3.8) is 0 Å². The Hall–Kier alpha value is -3.13. The van der Waals surface area contributed by atoms with Crippen molar-refractivity contribution in [3.8, 4) is 11.5 Å². The summed E-state index contributed by atoms with van der Waals surface area (Å²) in [6, 6.07) is 11.6. The third-order valence-electron chi connectivity index (χ3n) is 4.97. The maximum Gasteiger partial charge on any atom is 0.446 e. The van der Waals surface area contributed by atoms with E-state index in [0.29, 0.717) is 6.07 Å². The van der Waals surface area contributed by atoms with E-state index in [1.807, 2.05) is 0 Å². The van der Waals surface area contributed by atoms with E-state index in [9.17, 15) is 49.0 Å².